The first-order chi connectivity index (χ1) is 12.8. The molecule has 0 aromatic heterocycles. The number of benzene rings is 2. The number of hydrogen-bond acceptors (Lipinski definition) is 4. The summed E-state index contributed by atoms with van der Waals surface area (Å²) in [6.07, 6.45) is -0.000392. The summed E-state index contributed by atoms with van der Waals surface area (Å²) in [5.41, 5.74) is 0.538. The molecule has 0 atom stereocenters. The van der Waals surface area contributed by atoms with E-state index in [0.29, 0.717) is 23.4 Å². The van der Waals surface area contributed by atoms with Crippen molar-refractivity contribution in [1.82, 2.24) is 5.32 Å². The summed E-state index contributed by atoms with van der Waals surface area (Å²) in [5.74, 6) is -6.37. The van der Waals surface area contributed by atoms with Crippen LogP contribution < -0.4 is 10.6 Å². The highest BCUT2D eigenvalue weighted by molar-refractivity contribution is 6.04. The van der Waals surface area contributed by atoms with Crippen LogP contribution in [0.3, 0.4) is 0 Å². The lowest BCUT2D eigenvalue weighted by atomic mass is 10.1. The summed E-state index contributed by atoms with van der Waals surface area (Å²) in [4.78, 5) is 34.6. The molecule has 0 aliphatic heterocycles. The van der Waals surface area contributed by atoms with Crippen molar-refractivity contribution >= 4 is 23.5 Å². The largest absolute Gasteiger partial charge is 0.468 e. The van der Waals surface area contributed by atoms with E-state index in [1.807, 2.05) is 0 Å². The highest BCUT2D eigenvalue weighted by Crippen LogP contribution is 2.16. The van der Waals surface area contributed by atoms with E-state index < -0.39 is 35.2 Å². The predicted octanol–water partition coefficient (Wildman–Crippen LogP) is 2.19. The Balaban J connectivity index is 1.96. The zero-order valence-electron chi connectivity index (χ0n) is 14.1. The Kier molecular flexibility index (Phi) is 6.53. The Morgan fingerprint density at radius 1 is 1.00 bits per heavy atom. The Hall–Kier alpha value is -3.36. The molecule has 0 fully saturated rings. The number of methoxy groups -OCH3 is 1. The molecule has 0 unspecified atom stereocenters. The predicted molar refractivity (Wildman–Crippen MR) is 89.4 cm³/mol. The van der Waals surface area contributed by atoms with Crippen LogP contribution >= 0.6 is 0 Å². The van der Waals surface area contributed by atoms with Gasteiger partial charge in [-0.05, 0) is 29.8 Å². The summed E-state index contributed by atoms with van der Waals surface area (Å²) < 4.78 is 43.7. The fourth-order valence-electron chi connectivity index (χ4n) is 2.09. The van der Waals surface area contributed by atoms with Crippen molar-refractivity contribution in [2.24, 2.45) is 0 Å². The molecule has 2 amide bonds. The van der Waals surface area contributed by atoms with Crippen molar-refractivity contribution in [2.45, 2.75) is 6.42 Å². The average Bonchev–Trinajstić information content (AvgIpc) is 2.65. The van der Waals surface area contributed by atoms with Crippen molar-refractivity contribution in [3.05, 3.63) is 65.0 Å². The SMILES string of the molecule is COC(=O)CNC(=O)Cc1ccc(NC(=O)c2cc(F)c(F)c(F)c2)cc1. The second-order valence-electron chi connectivity index (χ2n) is 5.43. The Labute approximate surface area is 152 Å². The van der Waals surface area contributed by atoms with Crippen LogP contribution in [0, 0.1) is 17.5 Å². The van der Waals surface area contributed by atoms with Gasteiger partial charge in [0.2, 0.25) is 5.91 Å². The molecule has 6 nitrogen and oxygen atoms in total. The lowest BCUT2D eigenvalue weighted by Crippen LogP contribution is -2.31. The second kappa shape index (κ2) is 8.84. The third-order valence-electron chi connectivity index (χ3n) is 3.48. The second-order valence-corrected chi connectivity index (χ2v) is 5.43. The standard InChI is InChI=1S/C18H15F3N2O4/c1-27-16(25)9-22-15(24)6-10-2-4-12(5-3-10)23-18(26)11-7-13(19)17(21)14(20)8-11/h2-5,7-8H,6,9H2,1H3,(H,22,24)(H,23,26). The molecule has 0 saturated carbocycles. The molecule has 2 aromatic carbocycles. The van der Waals surface area contributed by atoms with Gasteiger partial charge in [0.15, 0.2) is 17.5 Å². The van der Waals surface area contributed by atoms with Gasteiger partial charge in [-0.2, -0.15) is 0 Å². The smallest absolute Gasteiger partial charge is 0.325 e. The fraction of sp³-hybridized carbons (Fsp3) is 0.167. The van der Waals surface area contributed by atoms with E-state index in [-0.39, 0.29) is 18.5 Å². The van der Waals surface area contributed by atoms with Crippen LogP contribution in [-0.2, 0) is 20.7 Å². The summed E-state index contributed by atoms with van der Waals surface area (Å²) in [6, 6.07) is 7.26. The van der Waals surface area contributed by atoms with Crippen molar-refractivity contribution < 1.29 is 32.3 Å². The first kappa shape index (κ1) is 20.0. The number of nitrogens with one attached hydrogen (secondary N) is 2. The van der Waals surface area contributed by atoms with Crippen LogP contribution in [0.2, 0.25) is 0 Å². The van der Waals surface area contributed by atoms with Crippen molar-refractivity contribution in [3.63, 3.8) is 0 Å². The fourth-order valence-corrected chi connectivity index (χ4v) is 2.09. The van der Waals surface area contributed by atoms with Gasteiger partial charge >= 0.3 is 5.97 Å². The van der Waals surface area contributed by atoms with Crippen molar-refractivity contribution in [1.29, 1.82) is 0 Å². The molecule has 0 spiro atoms. The average molecular weight is 380 g/mol. The number of carbonyl (C=O) groups excluding carboxylic acids is 3. The number of amides is 2. The number of esters is 1. The van der Waals surface area contributed by atoms with Crippen LogP contribution in [0.1, 0.15) is 15.9 Å². The van der Waals surface area contributed by atoms with Gasteiger partial charge in [0, 0.05) is 11.3 Å². The van der Waals surface area contributed by atoms with Crippen LogP contribution in [-0.4, -0.2) is 31.4 Å². The minimum atomic E-state index is -1.65. The van der Waals surface area contributed by atoms with Crippen molar-refractivity contribution in [2.75, 3.05) is 19.0 Å². The maximum atomic E-state index is 13.2. The number of anilines is 1. The van der Waals surface area contributed by atoms with E-state index in [4.69, 9.17) is 0 Å². The van der Waals surface area contributed by atoms with Crippen LogP contribution in [0.5, 0.6) is 0 Å². The lowest BCUT2D eigenvalue weighted by molar-refractivity contribution is -0.141. The number of ether oxygens (including phenoxy) is 1. The van der Waals surface area contributed by atoms with Crippen LogP contribution in [0.15, 0.2) is 36.4 Å². The Morgan fingerprint density at radius 3 is 2.15 bits per heavy atom. The molecule has 27 heavy (non-hydrogen) atoms. The Bertz CT molecular complexity index is 846. The van der Waals surface area contributed by atoms with Gasteiger partial charge in [-0.25, -0.2) is 13.2 Å². The summed E-state index contributed by atoms with van der Waals surface area (Å²) in [5, 5.41) is 4.78. The topological polar surface area (TPSA) is 84.5 Å². The summed E-state index contributed by atoms with van der Waals surface area (Å²) in [6.45, 7) is -0.242. The third-order valence-corrected chi connectivity index (χ3v) is 3.48. The molecule has 0 heterocycles. The molecule has 142 valence electrons. The zero-order valence-corrected chi connectivity index (χ0v) is 14.1. The highest BCUT2D eigenvalue weighted by Gasteiger charge is 2.15. The molecule has 9 heteroatoms. The van der Waals surface area contributed by atoms with Gasteiger partial charge in [-0.1, -0.05) is 12.1 Å². The third kappa shape index (κ3) is 5.56. The van der Waals surface area contributed by atoms with E-state index in [9.17, 15) is 27.6 Å². The lowest BCUT2D eigenvalue weighted by Gasteiger charge is -2.08. The van der Waals surface area contributed by atoms with E-state index >= 15 is 0 Å². The molecule has 2 rings (SSSR count). The molecule has 0 aliphatic carbocycles. The number of carbonyl (C=O) groups is 3. The number of rotatable bonds is 6. The first-order valence-corrected chi connectivity index (χ1v) is 7.68. The van der Waals surface area contributed by atoms with Crippen LogP contribution in [0.4, 0.5) is 18.9 Å². The number of hydrogen-bond donors (Lipinski definition) is 2. The number of halogens is 3. The van der Waals surface area contributed by atoms with Crippen molar-refractivity contribution in [3.8, 4) is 0 Å². The zero-order chi connectivity index (χ0) is 20.0. The van der Waals surface area contributed by atoms with Gasteiger partial charge in [-0.3, -0.25) is 14.4 Å². The molecule has 0 aliphatic rings. The van der Waals surface area contributed by atoms with Gasteiger partial charge < -0.3 is 15.4 Å². The van der Waals surface area contributed by atoms with E-state index in [1.165, 1.54) is 19.2 Å². The Morgan fingerprint density at radius 2 is 1.59 bits per heavy atom. The highest BCUT2D eigenvalue weighted by atomic mass is 19.2. The van der Waals surface area contributed by atoms with Gasteiger partial charge in [0.25, 0.3) is 5.91 Å². The molecule has 0 bridgehead atoms. The normalized spacial score (nSPS) is 10.2. The maximum absolute atomic E-state index is 13.2. The summed E-state index contributed by atoms with van der Waals surface area (Å²) >= 11 is 0. The molecule has 2 N–H and O–H groups in total. The molecular weight excluding hydrogens is 365 g/mol. The monoisotopic (exact) mass is 380 g/mol. The molecule has 0 saturated heterocycles. The minimum Gasteiger partial charge on any atom is -0.468 e. The van der Waals surface area contributed by atoms with Crippen LogP contribution in [0.25, 0.3) is 0 Å². The van der Waals surface area contributed by atoms with E-state index in [2.05, 4.69) is 15.4 Å². The van der Waals surface area contributed by atoms with E-state index in [0.717, 1.165) is 0 Å². The quantitative estimate of drug-likeness (QED) is 0.594. The van der Waals surface area contributed by atoms with E-state index in [1.54, 1.807) is 12.1 Å². The van der Waals surface area contributed by atoms with Gasteiger partial charge in [0.1, 0.15) is 6.54 Å². The maximum Gasteiger partial charge on any atom is 0.325 e. The summed E-state index contributed by atoms with van der Waals surface area (Å²) in [7, 11) is 1.20. The molecular formula is C18H15F3N2O4. The minimum absolute atomic E-state index is 0.000392. The molecule has 0 radical (unpaired) electrons. The first-order valence-electron chi connectivity index (χ1n) is 7.68. The van der Waals surface area contributed by atoms with Gasteiger partial charge in [-0.15, -0.1) is 0 Å². The van der Waals surface area contributed by atoms with Gasteiger partial charge in [0.05, 0.1) is 13.5 Å². The molecule has 2 aromatic rings.